The maximum Gasteiger partial charge on any atom is 0.262 e. The van der Waals surface area contributed by atoms with E-state index in [-0.39, 0.29) is 5.56 Å². The molecule has 1 aromatic rings. The minimum Gasteiger partial charge on any atom is -0.348 e. The largest absolute Gasteiger partial charge is 0.348 e. The molecule has 1 aliphatic heterocycles. The van der Waals surface area contributed by atoms with Crippen molar-refractivity contribution in [2.45, 2.75) is 31.4 Å². The molecule has 0 spiro atoms. The fraction of sp³-hybridized carbons (Fsp3) is 0.462. The molecule has 1 heterocycles. The molecule has 0 radical (unpaired) electrons. The molecule has 0 saturated carbocycles. The number of halogens is 4. The van der Waals surface area contributed by atoms with E-state index in [9.17, 15) is 22.4 Å². The van der Waals surface area contributed by atoms with Crippen LogP contribution in [-0.4, -0.2) is 24.4 Å². The van der Waals surface area contributed by atoms with Crippen molar-refractivity contribution < 1.29 is 22.4 Å². The third-order valence-corrected chi connectivity index (χ3v) is 3.21. The summed E-state index contributed by atoms with van der Waals surface area (Å²) in [5, 5.41) is 4.85. The van der Waals surface area contributed by atoms with Crippen LogP contribution in [0.2, 0.25) is 0 Å². The summed E-state index contributed by atoms with van der Waals surface area (Å²) in [4.78, 5) is 11.8. The molecule has 3 nitrogen and oxygen atoms in total. The van der Waals surface area contributed by atoms with Gasteiger partial charge in [-0.25, -0.2) is 17.6 Å². The first-order valence-corrected chi connectivity index (χ1v) is 6.15. The van der Waals surface area contributed by atoms with Crippen LogP contribution in [0.25, 0.3) is 0 Å². The standard InChI is InChI=1S/C13H14F4N2O/c1-7(9-3-2-8(14)4-10(9)15)19-12(20)11-5-13(16,17)6-18-11/h2-4,7,11,18H,5-6H2,1H3,(H,19,20)/t7-,11?/m1/s1. The highest BCUT2D eigenvalue weighted by atomic mass is 19.3. The van der Waals surface area contributed by atoms with Crippen LogP contribution in [0, 0.1) is 11.6 Å². The molecule has 2 rings (SSSR count). The second-order valence-corrected chi connectivity index (χ2v) is 4.89. The van der Waals surface area contributed by atoms with E-state index in [4.69, 9.17) is 0 Å². The van der Waals surface area contributed by atoms with Crippen molar-refractivity contribution in [3.8, 4) is 0 Å². The van der Waals surface area contributed by atoms with Crippen LogP contribution in [0.5, 0.6) is 0 Å². The summed E-state index contributed by atoms with van der Waals surface area (Å²) in [5.41, 5.74) is 0.101. The van der Waals surface area contributed by atoms with E-state index in [2.05, 4.69) is 10.6 Å². The third kappa shape index (κ3) is 3.27. The molecule has 110 valence electrons. The number of carbonyl (C=O) groups is 1. The average molecular weight is 290 g/mol. The Bertz CT molecular complexity index is 521. The predicted octanol–water partition coefficient (Wildman–Crippen LogP) is 2.14. The minimum absolute atomic E-state index is 0.101. The van der Waals surface area contributed by atoms with Crippen molar-refractivity contribution in [1.82, 2.24) is 10.6 Å². The first kappa shape index (κ1) is 14.8. The van der Waals surface area contributed by atoms with Gasteiger partial charge in [0.15, 0.2) is 0 Å². The van der Waals surface area contributed by atoms with Crippen LogP contribution in [0.1, 0.15) is 24.9 Å². The van der Waals surface area contributed by atoms with Gasteiger partial charge in [-0.2, -0.15) is 0 Å². The fourth-order valence-electron chi connectivity index (χ4n) is 2.15. The predicted molar refractivity (Wildman–Crippen MR) is 64.3 cm³/mol. The molecule has 2 atom stereocenters. The number of nitrogens with one attached hydrogen (secondary N) is 2. The van der Waals surface area contributed by atoms with Crippen LogP contribution in [0.4, 0.5) is 17.6 Å². The number of carbonyl (C=O) groups excluding carboxylic acids is 1. The zero-order chi connectivity index (χ0) is 14.9. The lowest BCUT2D eigenvalue weighted by Crippen LogP contribution is -2.41. The summed E-state index contributed by atoms with van der Waals surface area (Å²) in [7, 11) is 0. The molecule has 1 aliphatic rings. The first-order valence-electron chi connectivity index (χ1n) is 6.15. The summed E-state index contributed by atoms with van der Waals surface area (Å²) >= 11 is 0. The molecule has 1 amide bonds. The Kier molecular flexibility index (Phi) is 3.99. The van der Waals surface area contributed by atoms with E-state index in [1.165, 1.54) is 13.0 Å². The van der Waals surface area contributed by atoms with Crippen LogP contribution < -0.4 is 10.6 Å². The lowest BCUT2D eigenvalue weighted by molar-refractivity contribution is -0.124. The maximum atomic E-state index is 13.5. The van der Waals surface area contributed by atoms with Crippen LogP contribution in [0.15, 0.2) is 18.2 Å². The fourth-order valence-corrected chi connectivity index (χ4v) is 2.15. The summed E-state index contributed by atoms with van der Waals surface area (Å²) in [5.74, 6) is -5.05. The van der Waals surface area contributed by atoms with Gasteiger partial charge in [-0.1, -0.05) is 6.07 Å². The SMILES string of the molecule is C[C@@H](NC(=O)C1CC(F)(F)CN1)c1ccc(F)cc1F. The van der Waals surface area contributed by atoms with Gasteiger partial charge in [-0.05, 0) is 13.0 Å². The average Bonchev–Trinajstić information content (AvgIpc) is 2.69. The summed E-state index contributed by atoms with van der Waals surface area (Å²) in [6, 6.07) is 1.25. The van der Waals surface area contributed by atoms with Gasteiger partial charge in [0.25, 0.3) is 5.92 Å². The number of alkyl halides is 2. The van der Waals surface area contributed by atoms with Gasteiger partial charge in [0, 0.05) is 18.1 Å². The van der Waals surface area contributed by atoms with Gasteiger partial charge in [0.2, 0.25) is 5.91 Å². The number of hydrogen-bond donors (Lipinski definition) is 2. The smallest absolute Gasteiger partial charge is 0.262 e. The first-order chi connectivity index (χ1) is 9.28. The van der Waals surface area contributed by atoms with Gasteiger partial charge in [-0.15, -0.1) is 0 Å². The molecular formula is C13H14F4N2O. The number of benzene rings is 1. The lowest BCUT2D eigenvalue weighted by Gasteiger charge is -2.18. The van der Waals surface area contributed by atoms with Crippen LogP contribution >= 0.6 is 0 Å². The van der Waals surface area contributed by atoms with Crippen molar-refractivity contribution in [1.29, 1.82) is 0 Å². The number of amides is 1. The Labute approximate surface area is 113 Å². The molecule has 20 heavy (non-hydrogen) atoms. The summed E-state index contributed by atoms with van der Waals surface area (Å²) < 4.78 is 52.3. The van der Waals surface area contributed by atoms with E-state index in [1.807, 2.05) is 0 Å². The molecule has 1 fully saturated rings. The molecule has 2 N–H and O–H groups in total. The topological polar surface area (TPSA) is 41.1 Å². The second kappa shape index (κ2) is 5.40. The Balaban J connectivity index is 2.01. The highest BCUT2D eigenvalue weighted by Gasteiger charge is 2.42. The normalized spacial score (nSPS) is 22.6. The van der Waals surface area contributed by atoms with Crippen LogP contribution in [0.3, 0.4) is 0 Å². The van der Waals surface area contributed by atoms with E-state index < -0.39 is 48.5 Å². The van der Waals surface area contributed by atoms with Gasteiger partial charge in [0.05, 0.1) is 18.6 Å². The minimum atomic E-state index is -2.91. The third-order valence-electron chi connectivity index (χ3n) is 3.21. The Morgan fingerprint density at radius 2 is 2.15 bits per heavy atom. The van der Waals surface area contributed by atoms with E-state index in [1.54, 1.807) is 0 Å². The van der Waals surface area contributed by atoms with Gasteiger partial charge in [0.1, 0.15) is 11.6 Å². The zero-order valence-corrected chi connectivity index (χ0v) is 10.7. The monoisotopic (exact) mass is 290 g/mol. The van der Waals surface area contributed by atoms with Gasteiger partial charge < -0.3 is 5.32 Å². The Hall–Kier alpha value is -1.63. The summed E-state index contributed by atoms with van der Waals surface area (Å²) in [6.45, 7) is 0.950. The quantitative estimate of drug-likeness (QED) is 0.837. The van der Waals surface area contributed by atoms with E-state index in [0.29, 0.717) is 6.07 Å². The zero-order valence-electron chi connectivity index (χ0n) is 10.7. The van der Waals surface area contributed by atoms with E-state index in [0.717, 1.165) is 6.07 Å². The van der Waals surface area contributed by atoms with E-state index >= 15 is 0 Å². The van der Waals surface area contributed by atoms with Crippen molar-refractivity contribution in [2.24, 2.45) is 0 Å². The molecule has 0 aliphatic carbocycles. The molecule has 1 unspecified atom stereocenters. The highest BCUT2D eigenvalue weighted by molar-refractivity contribution is 5.82. The molecule has 7 heteroatoms. The maximum absolute atomic E-state index is 13.5. The van der Waals surface area contributed by atoms with Crippen molar-refractivity contribution in [3.63, 3.8) is 0 Å². The van der Waals surface area contributed by atoms with Crippen molar-refractivity contribution in [2.75, 3.05) is 6.54 Å². The lowest BCUT2D eigenvalue weighted by atomic mass is 10.1. The molecular weight excluding hydrogens is 276 g/mol. The van der Waals surface area contributed by atoms with Crippen LogP contribution in [-0.2, 0) is 4.79 Å². The summed E-state index contributed by atoms with van der Waals surface area (Å²) in [6.07, 6.45) is -0.586. The molecule has 0 aromatic heterocycles. The Morgan fingerprint density at radius 3 is 2.70 bits per heavy atom. The van der Waals surface area contributed by atoms with Gasteiger partial charge >= 0.3 is 0 Å². The number of hydrogen-bond acceptors (Lipinski definition) is 2. The molecule has 1 saturated heterocycles. The second-order valence-electron chi connectivity index (χ2n) is 4.89. The molecule has 1 aromatic carbocycles. The van der Waals surface area contributed by atoms with Gasteiger partial charge in [-0.3, -0.25) is 10.1 Å². The molecule has 0 bridgehead atoms. The van der Waals surface area contributed by atoms with Crippen molar-refractivity contribution in [3.05, 3.63) is 35.4 Å². The van der Waals surface area contributed by atoms with Crippen molar-refractivity contribution >= 4 is 5.91 Å². The Morgan fingerprint density at radius 1 is 1.45 bits per heavy atom. The number of rotatable bonds is 3. The highest BCUT2D eigenvalue weighted by Crippen LogP contribution is 2.26.